The Morgan fingerprint density at radius 3 is 2.42 bits per heavy atom. The van der Waals surface area contributed by atoms with Crippen LogP contribution < -0.4 is 20.4 Å². The Morgan fingerprint density at radius 2 is 1.76 bits per heavy atom. The lowest BCUT2D eigenvalue weighted by Gasteiger charge is -2.32. The van der Waals surface area contributed by atoms with Gasteiger partial charge >= 0.3 is 6.18 Å². The summed E-state index contributed by atoms with van der Waals surface area (Å²) in [7, 11) is 0. The molecule has 10 heteroatoms. The van der Waals surface area contributed by atoms with Crippen LogP contribution in [0.2, 0.25) is 0 Å². The van der Waals surface area contributed by atoms with Crippen molar-refractivity contribution in [2.45, 2.75) is 45.3 Å². The molecule has 178 valence electrons. The summed E-state index contributed by atoms with van der Waals surface area (Å²) < 4.78 is 40.4. The lowest BCUT2D eigenvalue weighted by molar-refractivity contribution is -0.141. The smallest absolute Gasteiger partial charge is 0.372 e. The number of piperidine rings is 1. The molecule has 1 unspecified atom stereocenters. The molecule has 0 spiro atoms. The largest absolute Gasteiger partial charge is 0.433 e. The predicted octanol–water partition coefficient (Wildman–Crippen LogP) is 4.82. The number of nitrogens with one attached hydrogen (secondary N) is 2. The van der Waals surface area contributed by atoms with Crippen LogP contribution in [0, 0.1) is 5.92 Å². The van der Waals surface area contributed by atoms with E-state index in [4.69, 9.17) is 12.2 Å². The number of thiocarbonyl (C=S) groups is 1. The van der Waals surface area contributed by atoms with E-state index in [1.165, 1.54) is 18.5 Å². The van der Waals surface area contributed by atoms with Gasteiger partial charge in [-0.3, -0.25) is 0 Å². The first-order chi connectivity index (χ1) is 15.8. The number of hydrogen-bond acceptors (Lipinski definition) is 5. The number of nitrogens with zero attached hydrogens (tertiary/aromatic N) is 4. The molecule has 0 amide bonds. The molecule has 0 radical (unpaired) electrons. The lowest BCUT2D eigenvalue weighted by atomic mass is 10.0. The van der Waals surface area contributed by atoms with Crippen molar-refractivity contribution < 1.29 is 13.2 Å². The second-order valence-electron chi connectivity index (χ2n) is 8.79. The molecule has 6 nitrogen and oxygen atoms in total. The van der Waals surface area contributed by atoms with E-state index in [0.717, 1.165) is 37.6 Å². The van der Waals surface area contributed by atoms with Crippen molar-refractivity contribution >= 4 is 34.8 Å². The monoisotopic (exact) mass is 478 g/mol. The zero-order chi connectivity index (χ0) is 23.4. The third-order valence-electron chi connectivity index (χ3n) is 6.07. The zero-order valence-electron chi connectivity index (χ0n) is 18.7. The van der Waals surface area contributed by atoms with E-state index in [-0.39, 0.29) is 16.9 Å². The number of halogens is 3. The quantitative estimate of drug-likeness (QED) is 0.598. The van der Waals surface area contributed by atoms with Gasteiger partial charge in [0.05, 0.1) is 0 Å². The van der Waals surface area contributed by atoms with Crippen LogP contribution in [0.1, 0.15) is 43.9 Å². The van der Waals surface area contributed by atoms with E-state index >= 15 is 0 Å². The number of alkyl halides is 3. The van der Waals surface area contributed by atoms with Crippen LogP contribution in [0.4, 0.5) is 30.6 Å². The molecule has 1 atom stereocenters. The van der Waals surface area contributed by atoms with Crippen LogP contribution >= 0.6 is 12.2 Å². The van der Waals surface area contributed by atoms with Crippen molar-refractivity contribution in [1.29, 1.82) is 0 Å². The SMILES string of the molecule is CC1CCCN(c2cc(C(F)(F)F)nc(NC(=S)NCc3ccc(N4CCCC4)cc3)n2)C1. The molecule has 2 saturated heterocycles. The second kappa shape index (κ2) is 10.1. The van der Waals surface area contributed by atoms with E-state index in [2.05, 4.69) is 44.6 Å². The average Bonchev–Trinajstić information content (AvgIpc) is 3.32. The number of rotatable bonds is 5. The van der Waals surface area contributed by atoms with Crippen LogP contribution in [0.25, 0.3) is 0 Å². The number of benzene rings is 1. The standard InChI is InChI=1S/C23H29F3N6S/c1-16-5-4-12-32(15-16)20-13-19(23(24,25)26)28-21(29-20)30-22(33)27-14-17-6-8-18(9-7-17)31-10-2-3-11-31/h6-9,13,16H,2-5,10-12,14-15H2,1H3,(H2,27,28,29,30,33). The summed E-state index contributed by atoms with van der Waals surface area (Å²) in [4.78, 5) is 12.2. The topological polar surface area (TPSA) is 56.3 Å². The minimum absolute atomic E-state index is 0.153. The van der Waals surface area contributed by atoms with Gasteiger partial charge in [0.2, 0.25) is 5.95 Å². The van der Waals surface area contributed by atoms with Crippen molar-refractivity contribution in [3.63, 3.8) is 0 Å². The van der Waals surface area contributed by atoms with Gasteiger partial charge in [-0.05, 0) is 61.5 Å². The van der Waals surface area contributed by atoms with Crippen LogP contribution in [0.15, 0.2) is 30.3 Å². The Hall–Kier alpha value is -2.62. The number of anilines is 3. The van der Waals surface area contributed by atoms with E-state index in [1.54, 1.807) is 0 Å². The normalized spacial score (nSPS) is 19.0. The molecule has 2 N–H and O–H groups in total. The van der Waals surface area contributed by atoms with Crippen molar-refractivity contribution in [3.8, 4) is 0 Å². The van der Waals surface area contributed by atoms with Gasteiger partial charge in [0.25, 0.3) is 0 Å². The van der Waals surface area contributed by atoms with Crippen LogP contribution in [0.3, 0.4) is 0 Å². The minimum Gasteiger partial charge on any atom is -0.372 e. The molecule has 0 bridgehead atoms. The minimum atomic E-state index is -4.57. The van der Waals surface area contributed by atoms with Crippen LogP contribution in [0.5, 0.6) is 0 Å². The van der Waals surface area contributed by atoms with Crippen molar-refractivity contribution in [1.82, 2.24) is 15.3 Å². The third-order valence-corrected chi connectivity index (χ3v) is 6.32. The highest BCUT2D eigenvalue weighted by atomic mass is 32.1. The molecule has 0 saturated carbocycles. The molecule has 2 aliphatic rings. The first-order valence-electron chi connectivity index (χ1n) is 11.4. The van der Waals surface area contributed by atoms with Crippen LogP contribution in [-0.4, -0.2) is 41.3 Å². The highest BCUT2D eigenvalue weighted by Crippen LogP contribution is 2.31. The summed E-state index contributed by atoms with van der Waals surface area (Å²) in [6.07, 6.45) is -0.141. The molecule has 2 fully saturated rings. The highest BCUT2D eigenvalue weighted by molar-refractivity contribution is 7.80. The molecule has 1 aromatic carbocycles. The van der Waals surface area contributed by atoms with Crippen molar-refractivity contribution in [2.24, 2.45) is 5.92 Å². The Kier molecular flexibility index (Phi) is 7.21. The molecule has 4 rings (SSSR count). The maximum Gasteiger partial charge on any atom is 0.433 e. The fourth-order valence-corrected chi connectivity index (χ4v) is 4.49. The first kappa shape index (κ1) is 23.5. The fourth-order valence-electron chi connectivity index (χ4n) is 4.32. The maximum absolute atomic E-state index is 13.5. The van der Waals surface area contributed by atoms with Gasteiger partial charge in [0.15, 0.2) is 10.8 Å². The Morgan fingerprint density at radius 1 is 1.06 bits per heavy atom. The summed E-state index contributed by atoms with van der Waals surface area (Å²) in [6.45, 7) is 6.05. The molecule has 33 heavy (non-hydrogen) atoms. The molecule has 2 aromatic rings. The predicted molar refractivity (Wildman–Crippen MR) is 129 cm³/mol. The Bertz CT molecular complexity index is 960. The number of hydrogen-bond donors (Lipinski definition) is 2. The molecule has 2 aliphatic heterocycles. The summed E-state index contributed by atoms with van der Waals surface area (Å²) >= 11 is 5.30. The summed E-state index contributed by atoms with van der Waals surface area (Å²) in [5.74, 6) is 0.519. The first-order valence-corrected chi connectivity index (χ1v) is 11.8. The molecule has 0 aliphatic carbocycles. The Balaban J connectivity index is 1.40. The van der Waals surface area contributed by atoms with Gasteiger partial charge in [-0.15, -0.1) is 0 Å². The maximum atomic E-state index is 13.5. The third kappa shape index (κ3) is 6.25. The van der Waals surface area contributed by atoms with Crippen molar-refractivity contribution in [3.05, 3.63) is 41.6 Å². The zero-order valence-corrected chi connectivity index (χ0v) is 19.5. The van der Waals surface area contributed by atoms with E-state index in [1.807, 2.05) is 17.0 Å². The van der Waals surface area contributed by atoms with Gasteiger partial charge in [-0.2, -0.15) is 18.2 Å². The van der Waals surface area contributed by atoms with E-state index in [0.29, 0.717) is 25.6 Å². The van der Waals surface area contributed by atoms with Gasteiger partial charge in [-0.25, -0.2) is 4.98 Å². The fraction of sp³-hybridized carbons (Fsp3) is 0.522. The van der Waals surface area contributed by atoms with Gasteiger partial charge in [0, 0.05) is 44.5 Å². The lowest BCUT2D eigenvalue weighted by Crippen LogP contribution is -2.35. The highest BCUT2D eigenvalue weighted by Gasteiger charge is 2.34. The average molecular weight is 479 g/mol. The van der Waals surface area contributed by atoms with Gasteiger partial charge < -0.3 is 20.4 Å². The molecule has 3 heterocycles. The van der Waals surface area contributed by atoms with E-state index in [9.17, 15) is 13.2 Å². The molecular weight excluding hydrogens is 449 g/mol. The summed E-state index contributed by atoms with van der Waals surface area (Å²) in [5.41, 5.74) is 1.25. The summed E-state index contributed by atoms with van der Waals surface area (Å²) in [5, 5.41) is 5.94. The molecule has 1 aromatic heterocycles. The number of aromatic nitrogens is 2. The van der Waals surface area contributed by atoms with E-state index < -0.39 is 11.9 Å². The molecular formula is C23H29F3N6S. The van der Waals surface area contributed by atoms with Gasteiger partial charge in [-0.1, -0.05) is 19.1 Å². The van der Waals surface area contributed by atoms with Gasteiger partial charge in [0.1, 0.15) is 5.82 Å². The summed E-state index contributed by atoms with van der Waals surface area (Å²) in [6, 6.07) is 9.24. The van der Waals surface area contributed by atoms with Crippen LogP contribution in [-0.2, 0) is 12.7 Å². The van der Waals surface area contributed by atoms with Crippen molar-refractivity contribution in [2.75, 3.05) is 41.3 Å². The Labute approximate surface area is 197 Å². The second-order valence-corrected chi connectivity index (χ2v) is 9.20.